The normalized spacial score (nSPS) is 12.1. The predicted octanol–water partition coefficient (Wildman–Crippen LogP) is 15.5. The van der Waals surface area contributed by atoms with Crippen LogP contribution in [-0.4, -0.2) is 339 Å². The lowest BCUT2D eigenvalue weighted by atomic mass is 10.1. The van der Waals surface area contributed by atoms with Gasteiger partial charge in [0.25, 0.3) is 34.3 Å². The van der Waals surface area contributed by atoms with E-state index in [0.717, 1.165) is 87.1 Å². The van der Waals surface area contributed by atoms with E-state index in [1.807, 2.05) is 67.6 Å². The molecule has 0 atom stereocenters. The summed E-state index contributed by atoms with van der Waals surface area (Å²) >= 11 is 14.7. The van der Waals surface area contributed by atoms with Crippen LogP contribution in [-0.2, 0) is 25.5 Å². The number of non-ortho nitro benzene ring substituents is 2. The van der Waals surface area contributed by atoms with Gasteiger partial charge in [-0.1, -0.05) is 0 Å². The first-order valence-corrected chi connectivity index (χ1v) is 47.1. The molecule has 11 rings (SSSR count). The van der Waals surface area contributed by atoms with Crippen molar-refractivity contribution in [1.29, 1.82) is 0 Å². The largest absolute Gasteiger partial charge is 0.497 e. The first kappa shape index (κ1) is 125. The maximum absolute atomic E-state index is 12.7. The van der Waals surface area contributed by atoms with E-state index in [-0.39, 0.29) is 70.9 Å². The Balaban J connectivity index is 0.000000445. The van der Waals surface area contributed by atoms with Crippen molar-refractivity contribution >= 4 is 151 Å². The number of nitro benzene ring substituents is 2. The number of benzene rings is 7. The molecule has 0 spiro atoms. The summed E-state index contributed by atoms with van der Waals surface area (Å²) in [5.41, 5.74) is 16.6. The Morgan fingerprint density at radius 1 is 0.483 bits per heavy atom. The third-order valence-electron chi connectivity index (χ3n) is 20.5. The molecule has 4 heterocycles. The fraction of sp³-hybridized carbons (Fsp3) is 0.446. The second-order valence-corrected chi connectivity index (χ2v) is 38.0. The topological polar surface area (TPSA) is 498 Å². The monoisotopic (exact) mass is 2080 g/mol. The van der Waals surface area contributed by atoms with Crippen LogP contribution in [0.5, 0.6) is 17.2 Å². The third-order valence-corrected chi connectivity index (χ3v) is 20.8. The number of methoxy groups -OCH3 is 1. The van der Waals surface area contributed by atoms with Crippen molar-refractivity contribution in [2.45, 2.75) is 119 Å². The number of aldehydes is 1. The molecule has 0 saturated carbocycles. The van der Waals surface area contributed by atoms with Crippen molar-refractivity contribution in [3.8, 4) is 17.2 Å². The van der Waals surface area contributed by atoms with Gasteiger partial charge in [0.1, 0.15) is 39.7 Å². The number of Topliss-reactive ketones (excluding diaryl/α,β-unsaturated/α-hetero) is 2. The average Bonchev–Trinajstić information content (AvgIpc) is 1.63. The number of nitro groups is 2. The van der Waals surface area contributed by atoms with Gasteiger partial charge in [-0.25, -0.2) is 24.0 Å². The smallest absolute Gasteiger partial charge is 0.410 e. The molecule has 9 amide bonds. The molecule has 0 unspecified atom stereocenters. The van der Waals surface area contributed by atoms with Gasteiger partial charge in [0, 0.05) is 239 Å². The molecule has 41 nitrogen and oxygen atoms in total. The number of aromatic nitrogens is 1. The predicted molar refractivity (Wildman–Crippen MR) is 561 cm³/mol. The fourth-order valence-corrected chi connectivity index (χ4v) is 12.7. The Morgan fingerprint density at radius 2 is 0.828 bits per heavy atom. The highest BCUT2D eigenvalue weighted by molar-refractivity contribution is 6.67. The number of ether oxygens (including phenoxy) is 7. The minimum Gasteiger partial charge on any atom is -0.497 e. The third kappa shape index (κ3) is 45.3. The van der Waals surface area contributed by atoms with Gasteiger partial charge in [0.2, 0.25) is 11.6 Å². The Kier molecular flexibility index (Phi) is 52.3. The molecule has 7 aromatic carbocycles. The molecule has 8 aromatic rings. The summed E-state index contributed by atoms with van der Waals surface area (Å²) in [5.74, 6) is 1.20. The van der Waals surface area contributed by atoms with Crippen molar-refractivity contribution in [1.82, 2.24) is 54.0 Å². The number of hydrogen-bond donors (Lipinski definition) is 6. The summed E-state index contributed by atoms with van der Waals surface area (Å²) in [6.07, 6.45) is -0.627. The number of piperazine rings is 1. The molecule has 3 aliphatic heterocycles. The quantitative estimate of drug-likeness (QED) is 0.00588. The van der Waals surface area contributed by atoms with E-state index in [0.29, 0.717) is 108 Å². The molecule has 44 heteroatoms. The number of halogens is 3. The van der Waals surface area contributed by atoms with Crippen molar-refractivity contribution < 1.29 is 106 Å². The Bertz CT molecular complexity index is 5570. The van der Waals surface area contributed by atoms with Crippen LogP contribution < -0.4 is 41.6 Å². The number of nitrogens with one attached hydrogen (secondary N) is 3. The number of carbonyl (C=O) groups excluding carboxylic acids is 12. The highest BCUT2D eigenvalue weighted by atomic mass is 35.5. The van der Waals surface area contributed by atoms with Crippen LogP contribution in [0.2, 0.25) is 0 Å². The lowest BCUT2D eigenvalue weighted by Crippen LogP contribution is -2.45. The van der Waals surface area contributed by atoms with Crippen molar-refractivity contribution in [3.05, 3.63) is 217 Å². The average molecular weight is 2080 g/mol. The Morgan fingerprint density at radius 3 is 1.20 bits per heavy atom. The lowest BCUT2D eigenvalue weighted by molar-refractivity contribution is -0.385. The standard InChI is InChI=1S/C25H30N4O6.C18H25N3O2.C16H23N3O5.C16H25N3O3.C9H20N2O2.C8H7NO2.C7H4ClNO3.CH2Cl2.CH4O/c1-25(2,3)35-24(33)29(5)13-12-28(4)22(31)16-6-8-17(9-7-16)26-23(32)27-18-10-11-21-19(14-18)20(30)15-34-21;1-14-17(13-22)16-12-15(23-3)4-5-18(16)21(14)11-10-20-8-6-19(2)7-9-20;1-16(2,3)24-15(21)18(5)11-10-17(4)14(20)12-6-8-13(9-7-12)19(22)23;1-16(2,3)22-15(21)19(5)11-10-18(4)14(20)12-6-8-13(17)9-7-12;1-9(2,3)13-8(12)11(5)7-6-10-4;9-5-1-2-8-6(3-5)7(10)4-11-8;8-7(10)5-1-3-6(4-2-5)9(11)12;2-1-3;1-2/h6-11,14H,12-13,15H2,1-5H3,(H2,26,27,32);4-5,12-13H,6-11H2,1-3H3;6-9H,10-11H2,1-5H3;6-9H,10-11,17H2,1-5H3;10H,6-7H2,1-5H3;1-3H,4,9H2;1-4H;1H2;2H,1H3. The van der Waals surface area contributed by atoms with Gasteiger partial charge in [0.05, 0.1) is 33.4 Å². The maximum Gasteiger partial charge on any atom is 0.410 e. The first-order chi connectivity index (χ1) is 67.8. The summed E-state index contributed by atoms with van der Waals surface area (Å²) in [6.45, 7) is 33.8. The minimum absolute atomic E-state index is 0.00564. The number of hydrogen-bond acceptors (Lipinski definition) is 29. The van der Waals surface area contributed by atoms with Gasteiger partial charge < -0.3 is 109 Å². The molecular formula is C101H140Cl3N17O24. The van der Waals surface area contributed by atoms with Gasteiger partial charge in [-0.05, 0) is 243 Å². The van der Waals surface area contributed by atoms with E-state index >= 15 is 0 Å². The number of fused-ring (bicyclic) bond motifs is 3. The van der Waals surface area contributed by atoms with Crippen molar-refractivity contribution in [2.24, 2.45) is 0 Å². The summed E-state index contributed by atoms with van der Waals surface area (Å²) in [5, 5.41) is 36.7. The second-order valence-electron chi connectivity index (χ2n) is 36.8. The zero-order chi connectivity index (χ0) is 110. The van der Waals surface area contributed by atoms with E-state index < -0.39 is 61.8 Å². The minimum atomic E-state index is -0.620. The van der Waals surface area contributed by atoms with Crippen LogP contribution in [0.25, 0.3) is 10.9 Å². The van der Waals surface area contributed by atoms with Crippen LogP contribution in [0.3, 0.4) is 0 Å². The number of aliphatic hydroxyl groups excluding tert-OH is 1. The van der Waals surface area contributed by atoms with Gasteiger partial charge >= 0.3 is 30.4 Å². The van der Waals surface area contributed by atoms with Crippen molar-refractivity contribution in [3.63, 3.8) is 0 Å². The molecular weight excluding hydrogens is 1940 g/mol. The van der Waals surface area contributed by atoms with E-state index in [4.69, 9.17) is 84.5 Å². The molecule has 0 aliphatic carbocycles. The summed E-state index contributed by atoms with van der Waals surface area (Å²) < 4.78 is 38.8. The SMILES string of the molecule is CN(CCN(C)C(=O)c1ccc(N)cc1)C(=O)OC(C)(C)C.CN(CCN(C)C(=O)c1ccc(NC(=O)Nc2ccc3c(c2)C(=O)CO3)cc1)C(=O)OC(C)(C)C.CN(CCN(C)C(=O)c1ccc([N+](=O)[O-])cc1)C(=O)OC(C)(C)C.CNCCN(C)C(=O)OC(C)(C)C.CO.COc1ccc2c(c1)c(C=O)c(C)n2CCN1CCN(C)CC1.ClCCl.Nc1ccc2c(c1)C(=O)CO2.O=C(Cl)c1ccc([N+](=O)[O-])cc1. The Hall–Kier alpha value is -14.0. The van der Waals surface area contributed by atoms with Gasteiger partial charge in [-0.3, -0.25) is 58.7 Å². The fourth-order valence-electron chi connectivity index (χ4n) is 12.6. The van der Waals surface area contributed by atoms with Gasteiger partial charge in [-0.15, -0.1) is 23.2 Å². The number of alkyl halides is 2. The zero-order valence-corrected chi connectivity index (χ0v) is 89.3. The number of urea groups is 1. The summed E-state index contributed by atoms with van der Waals surface area (Å²) in [6, 6.07) is 39.1. The molecule has 3 aliphatic rings. The van der Waals surface area contributed by atoms with Gasteiger partial charge in [0.15, 0.2) is 19.5 Å². The molecule has 0 bridgehead atoms. The number of ketones is 2. The molecule has 794 valence electrons. The number of rotatable bonds is 25. The highest BCUT2D eigenvalue weighted by Gasteiger charge is 2.29. The van der Waals surface area contributed by atoms with Crippen LogP contribution >= 0.6 is 34.8 Å². The number of amides is 9. The van der Waals surface area contributed by atoms with Crippen molar-refractivity contribution in [2.75, 3.05) is 203 Å². The highest BCUT2D eigenvalue weighted by Crippen LogP contribution is 2.32. The lowest BCUT2D eigenvalue weighted by Gasteiger charge is -2.32. The number of nitrogen functional groups attached to an aromatic ring is 2. The molecule has 8 N–H and O–H groups in total. The molecule has 1 saturated heterocycles. The number of aliphatic hydroxyl groups is 1. The van der Waals surface area contributed by atoms with E-state index in [1.54, 1.807) is 193 Å². The van der Waals surface area contributed by atoms with E-state index in [2.05, 4.69) is 43.4 Å². The first-order valence-electron chi connectivity index (χ1n) is 45.7. The van der Waals surface area contributed by atoms with E-state index in [9.17, 15) is 77.8 Å². The number of anilines is 4. The maximum atomic E-state index is 12.7. The number of nitrogens with two attached hydrogens (primary N) is 2. The number of nitrogens with zero attached hydrogens (tertiary/aromatic N) is 12. The summed E-state index contributed by atoms with van der Waals surface area (Å²) in [7, 11) is 18.2. The molecule has 0 radical (unpaired) electrons. The summed E-state index contributed by atoms with van der Waals surface area (Å²) in [4.78, 5) is 176. The van der Waals surface area contributed by atoms with Crippen LogP contribution in [0.1, 0.15) is 161 Å². The van der Waals surface area contributed by atoms with Gasteiger partial charge in [-0.2, -0.15) is 0 Å². The molecule has 145 heavy (non-hydrogen) atoms. The molecule has 1 fully saturated rings. The second kappa shape index (κ2) is 60.6. The number of likely N-dealkylation sites (N-methyl/N-ethyl adjacent to an activating group) is 9. The number of carbonyl (C=O) groups is 12. The van der Waals surface area contributed by atoms with E-state index in [1.165, 1.54) is 73.0 Å². The Labute approximate surface area is 862 Å². The zero-order valence-electron chi connectivity index (χ0n) is 87.0. The van der Waals surface area contributed by atoms with Crippen LogP contribution in [0, 0.1) is 27.2 Å². The molecule has 1 aromatic heterocycles. The van der Waals surface area contributed by atoms with Crippen LogP contribution in [0.4, 0.5) is 58.1 Å². The van der Waals surface area contributed by atoms with Crippen LogP contribution in [0.15, 0.2) is 152 Å².